The van der Waals surface area contributed by atoms with Gasteiger partial charge in [0.15, 0.2) is 0 Å². The van der Waals surface area contributed by atoms with E-state index in [2.05, 4.69) is 0 Å². The van der Waals surface area contributed by atoms with Crippen molar-refractivity contribution < 1.29 is 43.2 Å². The zero-order chi connectivity index (χ0) is 22.8. The molecule has 0 fully saturated rings. The van der Waals surface area contributed by atoms with Crippen LogP contribution < -0.4 is 9.44 Å². The summed E-state index contributed by atoms with van der Waals surface area (Å²) in [5.74, 6) is 0. The Kier molecular flexibility index (Phi) is 6.85. The van der Waals surface area contributed by atoms with Gasteiger partial charge in [-0.15, -0.1) is 0 Å². The van der Waals surface area contributed by atoms with E-state index in [1.807, 2.05) is 0 Å². The van der Waals surface area contributed by atoms with Crippen LogP contribution in [0.15, 0.2) is 60.7 Å². The number of nitrogens with one attached hydrogen (secondary N) is 2. The summed E-state index contributed by atoms with van der Waals surface area (Å²) in [5.41, 5.74) is -12.0. The average Bonchev–Trinajstić information content (AvgIpc) is 2.64. The van der Waals surface area contributed by atoms with Crippen LogP contribution in [-0.4, -0.2) is 27.9 Å². The number of sulfonamides is 2. The summed E-state index contributed by atoms with van der Waals surface area (Å²) in [6, 6.07) is 8.48. The van der Waals surface area contributed by atoms with E-state index in [4.69, 9.17) is 0 Å². The van der Waals surface area contributed by atoms with Gasteiger partial charge in [-0.25, -0.2) is 16.8 Å². The Bertz CT molecular complexity index is 969. The van der Waals surface area contributed by atoms with Crippen molar-refractivity contribution in [2.45, 2.75) is 23.1 Å². The highest BCUT2D eigenvalue weighted by atomic mass is 32.2. The van der Waals surface area contributed by atoms with E-state index < -0.39 is 43.1 Å². The maximum absolute atomic E-state index is 12.9. The molecular weight excluding hydrogens is 462 g/mol. The molecule has 0 saturated heterocycles. The Hall–Kier alpha value is -2.16. The SMILES string of the molecule is O=S(=O)(N[C@H](c1ccccc1)[C@H](NS(=O)(=O)C(F)(F)F)c1ccccc1)C(F)(F)F. The number of alkyl halides is 6. The Labute approximate surface area is 168 Å². The Balaban J connectivity index is 2.67. The zero-order valence-electron chi connectivity index (χ0n) is 14.6. The largest absolute Gasteiger partial charge is 0.511 e. The Morgan fingerprint density at radius 1 is 0.567 bits per heavy atom. The normalized spacial score (nSPS) is 15.5. The summed E-state index contributed by atoms with van der Waals surface area (Å²) in [6.45, 7) is 0. The number of hydrogen-bond donors (Lipinski definition) is 2. The van der Waals surface area contributed by atoms with Gasteiger partial charge in [0.1, 0.15) is 0 Å². The molecular formula is C16H14F6N2O4S2. The minimum atomic E-state index is -6.06. The fraction of sp³-hybridized carbons (Fsp3) is 0.250. The van der Waals surface area contributed by atoms with Crippen LogP contribution in [0, 0.1) is 0 Å². The van der Waals surface area contributed by atoms with Crippen LogP contribution in [0.25, 0.3) is 0 Å². The second-order valence-electron chi connectivity index (χ2n) is 5.91. The predicted octanol–water partition coefficient (Wildman–Crippen LogP) is 3.35. The van der Waals surface area contributed by atoms with Crippen molar-refractivity contribution in [3.8, 4) is 0 Å². The molecule has 0 saturated carbocycles. The lowest BCUT2D eigenvalue weighted by molar-refractivity contribution is -0.0465. The van der Waals surface area contributed by atoms with E-state index in [-0.39, 0.29) is 11.1 Å². The first-order valence-electron chi connectivity index (χ1n) is 7.93. The van der Waals surface area contributed by atoms with Crippen molar-refractivity contribution in [3.05, 3.63) is 71.8 Å². The van der Waals surface area contributed by atoms with Gasteiger partial charge in [-0.3, -0.25) is 0 Å². The summed E-state index contributed by atoms with van der Waals surface area (Å²) in [5, 5.41) is 0. The van der Waals surface area contributed by atoms with Crippen LogP contribution >= 0.6 is 0 Å². The molecule has 0 unspecified atom stereocenters. The Morgan fingerprint density at radius 3 is 1.07 bits per heavy atom. The van der Waals surface area contributed by atoms with Crippen molar-refractivity contribution in [1.29, 1.82) is 0 Å². The third-order valence-corrected chi connectivity index (χ3v) is 6.17. The first-order chi connectivity index (χ1) is 13.7. The average molecular weight is 476 g/mol. The van der Waals surface area contributed by atoms with Gasteiger partial charge >= 0.3 is 31.1 Å². The van der Waals surface area contributed by atoms with Crippen LogP contribution in [0.4, 0.5) is 26.3 Å². The molecule has 0 aliphatic heterocycles. The molecule has 0 aliphatic rings. The van der Waals surface area contributed by atoms with Gasteiger partial charge in [-0.1, -0.05) is 60.7 Å². The van der Waals surface area contributed by atoms with Crippen LogP contribution in [0.5, 0.6) is 0 Å². The molecule has 166 valence electrons. The van der Waals surface area contributed by atoms with E-state index in [1.54, 1.807) is 0 Å². The van der Waals surface area contributed by atoms with Crippen molar-refractivity contribution in [2.75, 3.05) is 0 Å². The summed E-state index contributed by atoms with van der Waals surface area (Å²) >= 11 is 0. The monoisotopic (exact) mass is 476 g/mol. The highest BCUT2D eigenvalue weighted by Crippen LogP contribution is 2.35. The van der Waals surface area contributed by atoms with Crippen LogP contribution in [-0.2, 0) is 20.0 Å². The summed E-state index contributed by atoms with van der Waals surface area (Å²) < 4.78 is 127. The van der Waals surface area contributed by atoms with Crippen LogP contribution in [0.1, 0.15) is 23.2 Å². The van der Waals surface area contributed by atoms with E-state index >= 15 is 0 Å². The number of benzene rings is 2. The van der Waals surface area contributed by atoms with Crippen LogP contribution in [0.3, 0.4) is 0 Å². The first-order valence-corrected chi connectivity index (χ1v) is 10.9. The topological polar surface area (TPSA) is 92.3 Å². The highest BCUT2D eigenvalue weighted by molar-refractivity contribution is 7.90. The minimum Gasteiger partial charge on any atom is -0.203 e. The van der Waals surface area contributed by atoms with Gasteiger partial charge in [0.2, 0.25) is 0 Å². The maximum Gasteiger partial charge on any atom is 0.511 e. The van der Waals surface area contributed by atoms with Gasteiger partial charge in [0.25, 0.3) is 0 Å². The molecule has 0 aliphatic carbocycles. The van der Waals surface area contributed by atoms with Gasteiger partial charge in [0, 0.05) is 0 Å². The molecule has 2 aromatic carbocycles. The number of rotatable bonds is 7. The molecule has 0 aromatic heterocycles. The van der Waals surface area contributed by atoms with E-state index in [0.29, 0.717) is 0 Å². The third kappa shape index (κ3) is 5.50. The molecule has 0 bridgehead atoms. The van der Waals surface area contributed by atoms with Crippen molar-refractivity contribution in [2.24, 2.45) is 0 Å². The van der Waals surface area contributed by atoms with Gasteiger partial charge in [0.05, 0.1) is 12.1 Å². The number of hydrogen-bond acceptors (Lipinski definition) is 4. The molecule has 6 nitrogen and oxygen atoms in total. The van der Waals surface area contributed by atoms with Gasteiger partial charge < -0.3 is 0 Å². The van der Waals surface area contributed by atoms with Crippen molar-refractivity contribution in [3.63, 3.8) is 0 Å². The molecule has 0 radical (unpaired) electrons. The fourth-order valence-corrected chi connectivity index (χ4v) is 3.93. The second kappa shape index (κ2) is 8.53. The molecule has 0 amide bonds. The Morgan fingerprint density at radius 2 is 0.833 bits per heavy atom. The smallest absolute Gasteiger partial charge is 0.203 e. The maximum atomic E-state index is 12.9. The molecule has 2 rings (SSSR count). The molecule has 0 heterocycles. The molecule has 30 heavy (non-hydrogen) atoms. The minimum absolute atomic E-state index is 0.205. The molecule has 0 spiro atoms. The third-order valence-electron chi connectivity index (χ3n) is 3.82. The molecule has 14 heteroatoms. The fourth-order valence-electron chi connectivity index (χ4n) is 2.45. The van der Waals surface area contributed by atoms with Crippen LogP contribution in [0.2, 0.25) is 0 Å². The van der Waals surface area contributed by atoms with Crippen molar-refractivity contribution >= 4 is 20.0 Å². The zero-order valence-corrected chi connectivity index (χ0v) is 16.3. The summed E-state index contributed by atoms with van der Waals surface area (Å²) in [7, 11) is -12.1. The van der Waals surface area contributed by atoms with E-state index in [1.165, 1.54) is 45.8 Å². The second-order valence-corrected chi connectivity index (χ2v) is 9.32. The van der Waals surface area contributed by atoms with E-state index in [9.17, 15) is 43.2 Å². The number of halogens is 6. The van der Waals surface area contributed by atoms with Gasteiger partial charge in [-0.05, 0) is 11.1 Å². The lowest BCUT2D eigenvalue weighted by Gasteiger charge is -2.30. The summed E-state index contributed by atoms with van der Waals surface area (Å²) in [4.78, 5) is 0. The first kappa shape index (κ1) is 24.1. The van der Waals surface area contributed by atoms with E-state index in [0.717, 1.165) is 24.3 Å². The molecule has 2 atom stereocenters. The highest BCUT2D eigenvalue weighted by Gasteiger charge is 2.51. The quantitative estimate of drug-likeness (QED) is 0.600. The van der Waals surface area contributed by atoms with Crippen molar-refractivity contribution in [1.82, 2.24) is 9.44 Å². The molecule has 2 aromatic rings. The standard InChI is InChI=1S/C16H14F6N2O4S2/c17-15(18,19)29(25,26)23-13(11-7-3-1-4-8-11)14(12-9-5-2-6-10-12)24-30(27,28)16(20,21)22/h1-10,13-14,23-24H/t13-,14-/m1/s1. The summed E-state index contributed by atoms with van der Waals surface area (Å²) in [6.07, 6.45) is 0. The lowest BCUT2D eigenvalue weighted by atomic mass is 9.95. The lowest BCUT2D eigenvalue weighted by Crippen LogP contribution is -2.47. The predicted molar refractivity (Wildman–Crippen MR) is 94.6 cm³/mol. The molecule has 2 N–H and O–H groups in total. The van der Waals surface area contributed by atoms with Gasteiger partial charge in [-0.2, -0.15) is 35.8 Å².